The van der Waals surface area contributed by atoms with Crippen molar-refractivity contribution in [1.29, 1.82) is 0 Å². The van der Waals surface area contributed by atoms with Crippen LogP contribution in [0, 0.1) is 0 Å². The number of ketones is 1. The molecule has 0 radical (unpaired) electrons. The van der Waals surface area contributed by atoms with Crippen LogP contribution in [0.1, 0.15) is 16.1 Å². The van der Waals surface area contributed by atoms with Crippen LogP contribution in [0.15, 0.2) is 22.8 Å². The van der Waals surface area contributed by atoms with Crippen LogP contribution in [0.25, 0.3) is 0 Å². The summed E-state index contributed by atoms with van der Waals surface area (Å²) in [5, 5.41) is 4.04. The number of aromatic nitrogens is 2. The number of benzene rings is 1. The van der Waals surface area contributed by atoms with Gasteiger partial charge in [0.2, 0.25) is 11.5 Å². The minimum atomic E-state index is -0.193. The lowest BCUT2D eigenvalue weighted by Crippen LogP contribution is -2.10. The summed E-state index contributed by atoms with van der Waals surface area (Å²) < 4.78 is 17.9. The molecule has 1 heterocycles. The molecule has 112 valence electrons. The molecule has 0 fully saturated rings. The van der Waals surface area contributed by atoms with Crippen LogP contribution in [-0.4, -0.2) is 36.9 Å². The number of hydrogen-bond donors (Lipinski definition) is 0. The van der Waals surface area contributed by atoms with Gasteiger partial charge in [-0.25, -0.2) is 0 Å². The minimum Gasteiger partial charge on any atom is -0.493 e. The van der Waals surface area contributed by atoms with Gasteiger partial charge in [-0.3, -0.25) is 9.48 Å². The zero-order valence-corrected chi connectivity index (χ0v) is 13.7. The summed E-state index contributed by atoms with van der Waals surface area (Å²) in [4.78, 5) is 12.6. The Kier molecular flexibility index (Phi) is 4.52. The Balaban J connectivity index is 2.57. The van der Waals surface area contributed by atoms with Crippen molar-refractivity contribution in [1.82, 2.24) is 9.78 Å². The molecule has 0 saturated heterocycles. The second-order valence-electron chi connectivity index (χ2n) is 4.21. The van der Waals surface area contributed by atoms with Gasteiger partial charge in [0.25, 0.3) is 0 Å². The van der Waals surface area contributed by atoms with Crippen molar-refractivity contribution < 1.29 is 19.0 Å². The molecule has 0 spiro atoms. The Labute approximate surface area is 130 Å². The third-order valence-electron chi connectivity index (χ3n) is 3.04. The van der Waals surface area contributed by atoms with Gasteiger partial charge in [0.15, 0.2) is 11.5 Å². The maximum Gasteiger partial charge on any atom is 0.212 e. The molecular formula is C14H15BrN2O4. The molecule has 0 unspecified atom stereocenters. The normalized spacial score (nSPS) is 10.3. The molecule has 0 aliphatic heterocycles. The van der Waals surface area contributed by atoms with Crippen LogP contribution in [0.4, 0.5) is 0 Å². The number of nitrogens with zero attached hydrogens (tertiary/aromatic N) is 2. The number of hydrogen-bond acceptors (Lipinski definition) is 5. The van der Waals surface area contributed by atoms with Gasteiger partial charge in [0, 0.05) is 12.6 Å². The highest BCUT2D eigenvalue weighted by Gasteiger charge is 2.21. The molecule has 0 aliphatic carbocycles. The van der Waals surface area contributed by atoms with Crippen LogP contribution in [0.5, 0.6) is 17.2 Å². The van der Waals surface area contributed by atoms with Gasteiger partial charge in [-0.15, -0.1) is 0 Å². The van der Waals surface area contributed by atoms with Gasteiger partial charge in [-0.1, -0.05) is 0 Å². The number of halogens is 1. The smallest absolute Gasteiger partial charge is 0.212 e. The van der Waals surface area contributed by atoms with E-state index in [0.717, 1.165) is 0 Å². The van der Waals surface area contributed by atoms with E-state index in [-0.39, 0.29) is 5.78 Å². The number of carbonyl (C=O) groups is 1. The van der Waals surface area contributed by atoms with Gasteiger partial charge in [-0.05, 0) is 28.1 Å². The lowest BCUT2D eigenvalue weighted by atomic mass is 10.1. The molecule has 0 amide bonds. The number of methoxy groups -OCH3 is 3. The second kappa shape index (κ2) is 6.17. The van der Waals surface area contributed by atoms with Crippen LogP contribution in [0.2, 0.25) is 0 Å². The number of aryl methyl sites for hydroxylation is 1. The Hall–Kier alpha value is -2.02. The predicted molar refractivity (Wildman–Crippen MR) is 80.4 cm³/mol. The van der Waals surface area contributed by atoms with Crippen LogP contribution >= 0.6 is 15.9 Å². The molecule has 1 aromatic heterocycles. The van der Waals surface area contributed by atoms with E-state index in [9.17, 15) is 4.79 Å². The first-order valence-electron chi connectivity index (χ1n) is 6.05. The SMILES string of the molecule is COc1cc(C(=O)c2c(Br)cnn2C)cc(OC)c1OC. The molecule has 6 nitrogen and oxygen atoms in total. The zero-order valence-electron chi connectivity index (χ0n) is 12.1. The summed E-state index contributed by atoms with van der Waals surface area (Å²) in [6.45, 7) is 0. The topological polar surface area (TPSA) is 62.6 Å². The van der Waals surface area contributed by atoms with E-state index in [1.165, 1.54) is 26.0 Å². The molecule has 0 bridgehead atoms. The maximum atomic E-state index is 12.6. The summed E-state index contributed by atoms with van der Waals surface area (Å²) in [5.74, 6) is 1.11. The second-order valence-corrected chi connectivity index (χ2v) is 5.06. The third kappa shape index (κ3) is 2.73. The van der Waals surface area contributed by atoms with E-state index in [0.29, 0.717) is 33.0 Å². The van der Waals surface area contributed by atoms with Gasteiger partial charge in [0.1, 0.15) is 5.69 Å². The molecule has 2 rings (SSSR count). The van der Waals surface area contributed by atoms with Gasteiger partial charge >= 0.3 is 0 Å². The first-order chi connectivity index (χ1) is 10.0. The summed E-state index contributed by atoms with van der Waals surface area (Å²) in [5.41, 5.74) is 0.873. The largest absolute Gasteiger partial charge is 0.493 e. The fourth-order valence-corrected chi connectivity index (χ4v) is 2.54. The number of ether oxygens (including phenoxy) is 3. The highest BCUT2D eigenvalue weighted by molar-refractivity contribution is 9.10. The van der Waals surface area contributed by atoms with Crippen molar-refractivity contribution >= 4 is 21.7 Å². The zero-order chi connectivity index (χ0) is 15.6. The van der Waals surface area contributed by atoms with E-state index >= 15 is 0 Å². The molecule has 1 aromatic carbocycles. The lowest BCUT2D eigenvalue weighted by molar-refractivity contribution is 0.102. The summed E-state index contributed by atoms with van der Waals surface area (Å²) in [7, 11) is 6.23. The Bertz CT molecular complexity index is 637. The first kappa shape index (κ1) is 15.4. The summed E-state index contributed by atoms with van der Waals surface area (Å²) in [6.07, 6.45) is 1.57. The van der Waals surface area contributed by atoms with Gasteiger partial charge in [0.05, 0.1) is 32.0 Å². The standard InChI is InChI=1S/C14H15BrN2O4/c1-17-12(9(15)7-16-17)13(18)8-5-10(19-2)14(21-4)11(6-8)20-3/h5-7H,1-4H3. The van der Waals surface area contributed by atoms with Gasteiger partial charge < -0.3 is 14.2 Å². The molecule has 0 saturated carbocycles. The molecule has 0 aliphatic rings. The monoisotopic (exact) mass is 354 g/mol. The van der Waals surface area contributed by atoms with E-state index in [4.69, 9.17) is 14.2 Å². The minimum absolute atomic E-state index is 0.193. The van der Waals surface area contributed by atoms with E-state index in [1.54, 1.807) is 25.4 Å². The average Bonchev–Trinajstić information content (AvgIpc) is 2.83. The Morgan fingerprint density at radius 1 is 1.14 bits per heavy atom. The van der Waals surface area contributed by atoms with E-state index in [1.807, 2.05) is 0 Å². The molecule has 7 heteroatoms. The Morgan fingerprint density at radius 2 is 1.71 bits per heavy atom. The summed E-state index contributed by atoms with van der Waals surface area (Å²) >= 11 is 3.32. The molecule has 2 aromatic rings. The molecule has 0 atom stereocenters. The predicted octanol–water partition coefficient (Wildman–Crippen LogP) is 2.44. The van der Waals surface area contributed by atoms with Crippen LogP contribution < -0.4 is 14.2 Å². The first-order valence-corrected chi connectivity index (χ1v) is 6.85. The van der Waals surface area contributed by atoms with Crippen LogP contribution in [-0.2, 0) is 7.05 Å². The van der Waals surface area contributed by atoms with Crippen molar-refractivity contribution in [2.75, 3.05) is 21.3 Å². The molecule has 21 heavy (non-hydrogen) atoms. The van der Waals surface area contributed by atoms with Crippen molar-refractivity contribution in [3.8, 4) is 17.2 Å². The highest BCUT2D eigenvalue weighted by Crippen LogP contribution is 2.38. The van der Waals surface area contributed by atoms with Gasteiger partial charge in [-0.2, -0.15) is 5.10 Å². The van der Waals surface area contributed by atoms with E-state index in [2.05, 4.69) is 21.0 Å². The third-order valence-corrected chi connectivity index (χ3v) is 3.62. The molecule has 0 N–H and O–H groups in total. The van der Waals surface area contributed by atoms with Crippen molar-refractivity contribution in [2.24, 2.45) is 7.05 Å². The van der Waals surface area contributed by atoms with Crippen molar-refractivity contribution in [3.63, 3.8) is 0 Å². The maximum absolute atomic E-state index is 12.6. The lowest BCUT2D eigenvalue weighted by Gasteiger charge is -2.13. The summed E-state index contributed by atoms with van der Waals surface area (Å²) in [6, 6.07) is 3.23. The number of carbonyl (C=O) groups excluding carboxylic acids is 1. The molecular weight excluding hydrogens is 340 g/mol. The van der Waals surface area contributed by atoms with Crippen molar-refractivity contribution in [3.05, 3.63) is 34.1 Å². The quantitative estimate of drug-likeness (QED) is 0.771. The van der Waals surface area contributed by atoms with E-state index < -0.39 is 0 Å². The average molecular weight is 355 g/mol. The van der Waals surface area contributed by atoms with Crippen molar-refractivity contribution in [2.45, 2.75) is 0 Å². The van der Waals surface area contributed by atoms with Crippen LogP contribution in [0.3, 0.4) is 0 Å². The Morgan fingerprint density at radius 3 is 2.10 bits per heavy atom. The fourth-order valence-electron chi connectivity index (χ4n) is 2.02. The highest BCUT2D eigenvalue weighted by atomic mass is 79.9. The fraction of sp³-hybridized carbons (Fsp3) is 0.286. The number of rotatable bonds is 5.